The van der Waals surface area contributed by atoms with Gasteiger partial charge in [-0.25, -0.2) is 4.79 Å². The lowest BCUT2D eigenvalue weighted by Crippen LogP contribution is -2.25. The first-order valence-electron chi connectivity index (χ1n) is 12.8. The Hall–Kier alpha value is -3.54. The molecule has 1 fully saturated rings. The van der Waals surface area contributed by atoms with E-state index in [0.717, 1.165) is 43.2 Å². The number of unbranched alkanes of at least 4 members (excludes halogenated alkanes) is 1. The fourth-order valence-corrected chi connectivity index (χ4v) is 4.59. The highest BCUT2D eigenvalue weighted by molar-refractivity contribution is 5.87. The van der Waals surface area contributed by atoms with E-state index in [9.17, 15) is 9.59 Å². The van der Waals surface area contributed by atoms with Crippen LogP contribution in [0.15, 0.2) is 61.2 Å². The van der Waals surface area contributed by atoms with Crippen molar-refractivity contribution in [1.29, 1.82) is 0 Å². The van der Waals surface area contributed by atoms with Gasteiger partial charge in [0.25, 0.3) is 0 Å². The maximum Gasteiger partial charge on any atom is 0.330 e. The van der Waals surface area contributed by atoms with Gasteiger partial charge in [-0.1, -0.05) is 31.6 Å². The molecule has 4 N–H and O–H groups in total. The second-order valence-electron chi connectivity index (χ2n) is 9.72. The van der Waals surface area contributed by atoms with Crippen molar-refractivity contribution in [3.8, 4) is 5.75 Å². The number of nitrogens with two attached hydrogens (primary N) is 2. The van der Waals surface area contributed by atoms with Crippen molar-refractivity contribution in [1.82, 2.24) is 0 Å². The van der Waals surface area contributed by atoms with Gasteiger partial charge in [-0.2, -0.15) is 0 Å². The summed E-state index contributed by atoms with van der Waals surface area (Å²) in [7, 11) is 0. The summed E-state index contributed by atoms with van der Waals surface area (Å²) in [5.41, 5.74) is 14.6. The Bertz CT molecular complexity index is 1030. The summed E-state index contributed by atoms with van der Waals surface area (Å²) >= 11 is 0. The maximum absolute atomic E-state index is 12.6. The molecular formula is C30H38N2O4. The van der Waals surface area contributed by atoms with Crippen LogP contribution in [0.3, 0.4) is 0 Å². The quantitative estimate of drug-likeness (QED) is 0.0959. The Morgan fingerprint density at radius 3 is 2.36 bits per heavy atom. The molecule has 1 atom stereocenters. The summed E-state index contributed by atoms with van der Waals surface area (Å²) in [5, 5.41) is 0. The lowest BCUT2D eigenvalue weighted by atomic mass is 9.80. The molecule has 1 aliphatic carbocycles. The van der Waals surface area contributed by atoms with E-state index in [2.05, 4.69) is 6.58 Å². The van der Waals surface area contributed by atoms with Crippen LogP contribution in [-0.2, 0) is 14.3 Å². The predicted molar refractivity (Wildman–Crippen MR) is 145 cm³/mol. The van der Waals surface area contributed by atoms with Crippen molar-refractivity contribution in [2.45, 2.75) is 57.8 Å². The summed E-state index contributed by atoms with van der Waals surface area (Å²) in [4.78, 5) is 24.7. The SMILES string of the molecule is C=CCCCC1CCC(C(=O)Oc2ccc(/C=C/C(=O)OCC(C)c3cc(N)cc(N)c3)cc2)CC1. The second-order valence-corrected chi connectivity index (χ2v) is 9.72. The molecule has 36 heavy (non-hydrogen) atoms. The van der Waals surface area contributed by atoms with Gasteiger partial charge in [-0.05, 0) is 92.0 Å². The number of esters is 2. The van der Waals surface area contributed by atoms with Crippen LogP contribution >= 0.6 is 0 Å². The molecular weight excluding hydrogens is 452 g/mol. The van der Waals surface area contributed by atoms with Crippen molar-refractivity contribution in [2.75, 3.05) is 18.1 Å². The number of hydrogen-bond donors (Lipinski definition) is 2. The van der Waals surface area contributed by atoms with E-state index < -0.39 is 5.97 Å². The summed E-state index contributed by atoms with van der Waals surface area (Å²) in [6.45, 7) is 5.94. The monoisotopic (exact) mass is 490 g/mol. The first-order chi connectivity index (χ1) is 17.3. The number of nitrogen functional groups attached to an aromatic ring is 2. The molecule has 1 saturated carbocycles. The van der Waals surface area contributed by atoms with E-state index in [1.54, 1.807) is 36.4 Å². The molecule has 0 radical (unpaired) electrons. The summed E-state index contributed by atoms with van der Waals surface area (Å²) in [6.07, 6.45) is 12.4. The fraction of sp³-hybridized carbons (Fsp3) is 0.400. The molecule has 2 aromatic rings. The van der Waals surface area contributed by atoms with Crippen molar-refractivity contribution < 1.29 is 19.1 Å². The molecule has 0 amide bonds. The van der Waals surface area contributed by atoms with Gasteiger partial charge in [-0.3, -0.25) is 4.79 Å². The Kier molecular flexibility index (Phi) is 10.2. The van der Waals surface area contributed by atoms with Crippen LogP contribution in [0.2, 0.25) is 0 Å². The molecule has 0 aliphatic heterocycles. The van der Waals surface area contributed by atoms with Gasteiger partial charge in [0.15, 0.2) is 0 Å². The fourth-order valence-electron chi connectivity index (χ4n) is 4.59. The van der Waals surface area contributed by atoms with Gasteiger partial charge < -0.3 is 20.9 Å². The third-order valence-electron chi connectivity index (χ3n) is 6.76. The van der Waals surface area contributed by atoms with Gasteiger partial charge >= 0.3 is 11.9 Å². The third-order valence-corrected chi connectivity index (χ3v) is 6.76. The molecule has 0 bridgehead atoms. The number of benzene rings is 2. The standard InChI is InChI=1S/C30H38N2O4/c1-3-4-5-6-22-7-12-24(13-8-22)30(34)36-28-14-9-23(10-15-28)11-16-29(33)35-20-21(2)25-17-26(31)19-27(32)18-25/h3,9-11,14-19,21-22,24H,1,4-8,12-13,20,31-32H2,2H3/b16-11+. The van der Waals surface area contributed by atoms with E-state index in [1.165, 1.54) is 18.9 Å². The zero-order valence-electron chi connectivity index (χ0n) is 21.2. The van der Waals surface area contributed by atoms with Crippen molar-refractivity contribution in [3.63, 3.8) is 0 Å². The summed E-state index contributed by atoms with van der Waals surface area (Å²) in [5.74, 6) is 0.585. The largest absolute Gasteiger partial charge is 0.462 e. The van der Waals surface area contributed by atoms with Crippen LogP contribution in [0.4, 0.5) is 11.4 Å². The molecule has 6 heteroatoms. The average Bonchev–Trinajstić information content (AvgIpc) is 2.86. The van der Waals surface area contributed by atoms with Gasteiger partial charge in [0.1, 0.15) is 5.75 Å². The number of anilines is 2. The predicted octanol–water partition coefficient (Wildman–Crippen LogP) is 6.28. The van der Waals surface area contributed by atoms with Gasteiger partial charge in [0.05, 0.1) is 12.5 Å². The lowest BCUT2D eigenvalue weighted by Gasteiger charge is -2.27. The van der Waals surface area contributed by atoms with Crippen LogP contribution in [0.1, 0.15) is 68.9 Å². The highest BCUT2D eigenvalue weighted by Gasteiger charge is 2.27. The zero-order valence-corrected chi connectivity index (χ0v) is 21.2. The Morgan fingerprint density at radius 1 is 1.06 bits per heavy atom. The molecule has 6 nitrogen and oxygen atoms in total. The molecule has 0 aromatic heterocycles. The number of carbonyl (C=O) groups is 2. The van der Waals surface area contributed by atoms with Crippen LogP contribution in [0.5, 0.6) is 5.75 Å². The van der Waals surface area contributed by atoms with Crippen molar-refractivity contribution in [3.05, 3.63) is 72.3 Å². The van der Waals surface area contributed by atoms with E-state index >= 15 is 0 Å². The maximum atomic E-state index is 12.6. The highest BCUT2D eigenvalue weighted by atomic mass is 16.5. The summed E-state index contributed by atoms with van der Waals surface area (Å²) in [6, 6.07) is 12.5. The molecule has 1 aliphatic rings. The molecule has 0 heterocycles. The Labute approximate surface area is 214 Å². The molecule has 3 rings (SSSR count). The molecule has 1 unspecified atom stereocenters. The van der Waals surface area contributed by atoms with Gasteiger partial charge in [0.2, 0.25) is 0 Å². The average molecular weight is 491 g/mol. The van der Waals surface area contributed by atoms with Crippen LogP contribution in [0, 0.1) is 11.8 Å². The van der Waals surface area contributed by atoms with Crippen LogP contribution < -0.4 is 16.2 Å². The first kappa shape index (κ1) is 27.1. The minimum absolute atomic E-state index is 0.0267. The third kappa shape index (κ3) is 8.59. The smallest absolute Gasteiger partial charge is 0.330 e. The Balaban J connectivity index is 1.41. The molecule has 0 saturated heterocycles. The van der Waals surface area contributed by atoms with Crippen LogP contribution in [-0.4, -0.2) is 18.5 Å². The normalized spacial score (nSPS) is 18.5. The van der Waals surface area contributed by atoms with E-state index in [0.29, 0.717) is 23.0 Å². The number of hydrogen-bond acceptors (Lipinski definition) is 6. The topological polar surface area (TPSA) is 105 Å². The van der Waals surface area contributed by atoms with Crippen molar-refractivity contribution in [2.24, 2.45) is 11.8 Å². The molecule has 0 spiro atoms. The second kappa shape index (κ2) is 13.5. The van der Waals surface area contributed by atoms with Crippen LogP contribution in [0.25, 0.3) is 6.08 Å². The Morgan fingerprint density at radius 2 is 1.72 bits per heavy atom. The van der Waals surface area contributed by atoms with E-state index in [4.69, 9.17) is 20.9 Å². The minimum Gasteiger partial charge on any atom is -0.462 e. The van der Waals surface area contributed by atoms with E-state index in [1.807, 2.05) is 25.1 Å². The van der Waals surface area contributed by atoms with Crippen molar-refractivity contribution >= 4 is 29.4 Å². The van der Waals surface area contributed by atoms with Gasteiger partial charge in [-0.15, -0.1) is 6.58 Å². The first-order valence-corrected chi connectivity index (χ1v) is 12.8. The number of ether oxygens (including phenoxy) is 2. The number of rotatable bonds is 11. The number of allylic oxidation sites excluding steroid dienone is 1. The molecule has 2 aromatic carbocycles. The van der Waals surface area contributed by atoms with E-state index in [-0.39, 0.29) is 24.4 Å². The minimum atomic E-state index is -0.436. The lowest BCUT2D eigenvalue weighted by molar-refractivity contribution is -0.140. The summed E-state index contributed by atoms with van der Waals surface area (Å²) < 4.78 is 11.0. The number of carbonyl (C=O) groups excluding carboxylic acids is 2. The highest BCUT2D eigenvalue weighted by Crippen LogP contribution is 2.33. The molecule has 192 valence electrons. The zero-order chi connectivity index (χ0) is 25.9. The van der Waals surface area contributed by atoms with Gasteiger partial charge in [0, 0.05) is 23.4 Å².